The number of hydrogen-bond donors (Lipinski definition) is 1. The third kappa shape index (κ3) is 3.46. The van der Waals surface area contributed by atoms with Crippen LogP contribution in [0.4, 0.5) is 16.3 Å². The molecule has 3 amide bonds. The van der Waals surface area contributed by atoms with Gasteiger partial charge in [-0.05, 0) is 43.7 Å². The van der Waals surface area contributed by atoms with E-state index in [4.69, 9.17) is 4.74 Å². The molecule has 1 aliphatic heterocycles. The smallest absolute Gasteiger partial charge is 0.325 e. The molecule has 136 valence electrons. The first-order valence-corrected chi connectivity index (χ1v) is 8.52. The van der Waals surface area contributed by atoms with Crippen molar-refractivity contribution in [2.24, 2.45) is 0 Å². The zero-order valence-corrected chi connectivity index (χ0v) is 15.2. The normalized spacial score (nSPS) is 13.9. The van der Waals surface area contributed by atoms with E-state index >= 15 is 0 Å². The minimum absolute atomic E-state index is 0.0384. The van der Waals surface area contributed by atoms with E-state index < -0.39 is 0 Å². The molecule has 2 heterocycles. The molecule has 0 saturated carbocycles. The summed E-state index contributed by atoms with van der Waals surface area (Å²) < 4.78 is 5.25. The summed E-state index contributed by atoms with van der Waals surface area (Å²) in [6.45, 7) is 5.87. The third-order valence-electron chi connectivity index (χ3n) is 4.43. The van der Waals surface area contributed by atoms with Crippen LogP contribution in [0.2, 0.25) is 0 Å². The van der Waals surface area contributed by atoms with Crippen molar-refractivity contribution in [3.63, 3.8) is 0 Å². The summed E-state index contributed by atoms with van der Waals surface area (Å²) in [6.07, 6.45) is 1.56. The van der Waals surface area contributed by atoms with Gasteiger partial charge in [-0.1, -0.05) is 6.07 Å². The summed E-state index contributed by atoms with van der Waals surface area (Å²) in [4.78, 5) is 32.3. The number of carbonyl (C=O) groups excluding carboxylic acids is 2. The number of methoxy groups -OCH3 is 1. The molecule has 3 rings (SSSR count). The van der Waals surface area contributed by atoms with E-state index in [-0.39, 0.29) is 11.9 Å². The molecule has 26 heavy (non-hydrogen) atoms. The number of urea groups is 1. The predicted molar refractivity (Wildman–Crippen MR) is 99.9 cm³/mol. The highest BCUT2D eigenvalue weighted by Crippen LogP contribution is 2.22. The minimum Gasteiger partial charge on any atom is -0.496 e. The van der Waals surface area contributed by atoms with Gasteiger partial charge in [0, 0.05) is 25.2 Å². The second-order valence-electron chi connectivity index (χ2n) is 6.06. The summed E-state index contributed by atoms with van der Waals surface area (Å²) in [5, 5.41) is 2.81. The van der Waals surface area contributed by atoms with Crippen molar-refractivity contribution in [3.05, 3.63) is 47.7 Å². The van der Waals surface area contributed by atoms with E-state index in [9.17, 15) is 9.59 Å². The molecule has 1 N–H and O–H groups in total. The predicted octanol–water partition coefficient (Wildman–Crippen LogP) is 2.91. The number of nitrogens with one attached hydrogen (secondary N) is 1. The number of benzene rings is 1. The zero-order valence-electron chi connectivity index (χ0n) is 15.2. The summed E-state index contributed by atoms with van der Waals surface area (Å²) in [7, 11) is 1.58. The van der Waals surface area contributed by atoms with Crippen LogP contribution in [0.3, 0.4) is 0 Å². The fourth-order valence-electron chi connectivity index (χ4n) is 2.87. The lowest BCUT2D eigenvalue weighted by molar-refractivity contribution is 0.102. The second kappa shape index (κ2) is 7.43. The number of nitrogens with zero attached hydrogens (tertiary/aromatic N) is 3. The number of rotatable bonds is 5. The molecule has 7 heteroatoms. The second-order valence-corrected chi connectivity index (χ2v) is 6.06. The number of aromatic nitrogens is 1. The molecule has 0 aliphatic carbocycles. The van der Waals surface area contributed by atoms with Crippen molar-refractivity contribution in [1.29, 1.82) is 0 Å². The van der Waals surface area contributed by atoms with Gasteiger partial charge in [0.15, 0.2) is 0 Å². The lowest BCUT2D eigenvalue weighted by Gasteiger charge is -2.16. The van der Waals surface area contributed by atoms with Crippen LogP contribution in [-0.2, 0) is 0 Å². The number of hydrogen-bond acceptors (Lipinski definition) is 4. The molecule has 1 saturated heterocycles. The van der Waals surface area contributed by atoms with Crippen molar-refractivity contribution in [3.8, 4) is 5.75 Å². The topological polar surface area (TPSA) is 74.8 Å². The van der Waals surface area contributed by atoms with Gasteiger partial charge in [0.25, 0.3) is 5.91 Å². The maximum absolute atomic E-state index is 12.4. The van der Waals surface area contributed by atoms with E-state index in [1.807, 2.05) is 19.9 Å². The average Bonchev–Trinajstić information content (AvgIpc) is 3.03. The maximum Gasteiger partial charge on any atom is 0.325 e. The Morgan fingerprint density at radius 3 is 2.69 bits per heavy atom. The van der Waals surface area contributed by atoms with Gasteiger partial charge < -0.3 is 15.0 Å². The Bertz CT molecular complexity index is 820. The Labute approximate surface area is 152 Å². The van der Waals surface area contributed by atoms with Crippen LogP contribution in [0, 0.1) is 6.92 Å². The Morgan fingerprint density at radius 1 is 1.27 bits per heavy atom. The number of likely N-dealkylation sites (N-methyl/N-ethyl adjacent to an activating group) is 1. The largest absolute Gasteiger partial charge is 0.496 e. The summed E-state index contributed by atoms with van der Waals surface area (Å²) >= 11 is 0. The fraction of sp³-hybridized carbons (Fsp3) is 0.316. The zero-order chi connectivity index (χ0) is 18.7. The molecule has 0 unspecified atom stereocenters. The molecular formula is C19H22N4O3. The van der Waals surface area contributed by atoms with Crippen LogP contribution in [-0.4, -0.2) is 48.6 Å². The molecule has 7 nitrogen and oxygen atoms in total. The molecule has 0 spiro atoms. The van der Waals surface area contributed by atoms with Gasteiger partial charge in [-0.3, -0.25) is 9.69 Å². The fourth-order valence-corrected chi connectivity index (χ4v) is 2.87. The van der Waals surface area contributed by atoms with Crippen LogP contribution >= 0.6 is 0 Å². The molecule has 1 aliphatic rings. The Balaban J connectivity index is 1.70. The van der Waals surface area contributed by atoms with E-state index in [0.717, 1.165) is 5.56 Å². The highest BCUT2D eigenvalue weighted by Gasteiger charge is 2.28. The number of pyridine rings is 1. The summed E-state index contributed by atoms with van der Waals surface area (Å²) in [5.41, 5.74) is 2.04. The highest BCUT2D eigenvalue weighted by molar-refractivity contribution is 6.04. The van der Waals surface area contributed by atoms with Gasteiger partial charge in [0.05, 0.1) is 19.0 Å². The lowest BCUT2D eigenvalue weighted by atomic mass is 10.1. The monoisotopic (exact) mass is 354 g/mol. The van der Waals surface area contributed by atoms with Gasteiger partial charge in [0.2, 0.25) is 0 Å². The van der Waals surface area contributed by atoms with Crippen molar-refractivity contribution in [2.45, 2.75) is 13.8 Å². The number of aryl methyl sites for hydroxylation is 1. The van der Waals surface area contributed by atoms with Gasteiger partial charge in [-0.2, -0.15) is 0 Å². The Kier molecular flexibility index (Phi) is 5.06. The molecule has 1 aromatic carbocycles. The standard InChI is InChI=1S/C19H22N4O3/c1-4-22-9-10-23(19(22)25)17-8-7-15(12-20-17)21-18(24)14-6-5-13(2)16(11-14)26-3/h5-8,11-12H,4,9-10H2,1-3H3,(H,21,24). The highest BCUT2D eigenvalue weighted by atomic mass is 16.5. The first kappa shape index (κ1) is 17.7. The SMILES string of the molecule is CCN1CCN(c2ccc(NC(=O)c3ccc(C)c(OC)c3)cn2)C1=O. The quantitative estimate of drug-likeness (QED) is 0.896. The maximum atomic E-state index is 12.4. The Morgan fingerprint density at radius 2 is 2.08 bits per heavy atom. The molecule has 1 fully saturated rings. The summed E-state index contributed by atoms with van der Waals surface area (Å²) in [5.74, 6) is 1.01. The van der Waals surface area contributed by atoms with Crippen LogP contribution < -0.4 is 15.0 Å². The molecule has 0 atom stereocenters. The molecular weight excluding hydrogens is 332 g/mol. The van der Waals surface area contributed by atoms with E-state index in [0.29, 0.717) is 42.5 Å². The molecule has 2 aromatic rings. The van der Waals surface area contributed by atoms with Gasteiger partial charge in [-0.25, -0.2) is 9.78 Å². The van der Waals surface area contributed by atoms with E-state index in [2.05, 4.69) is 10.3 Å². The lowest BCUT2D eigenvalue weighted by Crippen LogP contribution is -2.32. The van der Waals surface area contributed by atoms with Crippen LogP contribution in [0.5, 0.6) is 5.75 Å². The van der Waals surface area contributed by atoms with E-state index in [1.54, 1.807) is 47.4 Å². The van der Waals surface area contributed by atoms with Gasteiger partial charge >= 0.3 is 6.03 Å². The number of carbonyl (C=O) groups is 2. The summed E-state index contributed by atoms with van der Waals surface area (Å²) in [6, 6.07) is 8.73. The van der Waals surface area contributed by atoms with Gasteiger partial charge in [0.1, 0.15) is 11.6 Å². The van der Waals surface area contributed by atoms with Crippen molar-refractivity contribution in [2.75, 3.05) is 37.0 Å². The van der Waals surface area contributed by atoms with E-state index in [1.165, 1.54) is 0 Å². The van der Waals surface area contributed by atoms with Gasteiger partial charge in [-0.15, -0.1) is 0 Å². The number of anilines is 2. The first-order valence-electron chi connectivity index (χ1n) is 8.52. The van der Waals surface area contributed by atoms with Crippen molar-refractivity contribution >= 4 is 23.4 Å². The van der Waals surface area contributed by atoms with Crippen LogP contribution in [0.1, 0.15) is 22.8 Å². The average molecular weight is 354 g/mol. The number of ether oxygens (including phenoxy) is 1. The third-order valence-corrected chi connectivity index (χ3v) is 4.43. The molecule has 1 aromatic heterocycles. The van der Waals surface area contributed by atoms with Crippen LogP contribution in [0.15, 0.2) is 36.5 Å². The molecule has 0 bridgehead atoms. The molecule has 0 radical (unpaired) electrons. The minimum atomic E-state index is -0.243. The number of amides is 3. The first-order chi connectivity index (χ1) is 12.5. The van der Waals surface area contributed by atoms with Crippen LogP contribution in [0.25, 0.3) is 0 Å². The Hall–Kier alpha value is -3.09. The van der Waals surface area contributed by atoms with Crippen molar-refractivity contribution in [1.82, 2.24) is 9.88 Å². The van der Waals surface area contributed by atoms with Crippen molar-refractivity contribution < 1.29 is 14.3 Å².